The van der Waals surface area contributed by atoms with Crippen molar-refractivity contribution >= 4 is 10.8 Å². The Balaban J connectivity index is 1.54. The molecule has 0 amide bonds. The van der Waals surface area contributed by atoms with Gasteiger partial charge in [0.1, 0.15) is 17.6 Å². The molecular formula is C18H21NO2. The van der Waals surface area contributed by atoms with Crippen molar-refractivity contribution in [2.45, 2.75) is 43.9 Å². The van der Waals surface area contributed by atoms with Crippen LogP contribution in [-0.2, 0) is 0 Å². The second-order valence-corrected chi connectivity index (χ2v) is 6.22. The molecule has 3 heteroatoms. The minimum absolute atomic E-state index is 0.361. The minimum atomic E-state index is 0.361. The van der Waals surface area contributed by atoms with Gasteiger partial charge in [-0.25, -0.2) is 0 Å². The lowest BCUT2D eigenvalue weighted by molar-refractivity contribution is 0.137. The van der Waals surface area contributed by atoms with Gasteiger partial charge in [0.2, 0.25) is 0 Å². The Labute approximate surface area is 125 Å². The fourth-order valence-electron chi connectivity index (χ4n) is 3.70. The van der Waals surface area contributed by atoms with Crippen LogP contribution in [0.2, 0.25) is 0 Å². The standard InChI is InChI=1S/C18H21NO2/c1-20-16-6-2-13-9-17(7-3-12(13)8-16)21-18-10-14-4-5-15(11-18)19-14/h2-3,6-9,14-15,18-19H,4-5,10-11H2,1H3/t14-,15+,18?. The summed E-state index contributed by atoms with van der Waals surface area (Å²) in [5.74, 6) is 1.88. The van der Waals surface area contributed by atoms with Crippen LogP contribution >= 0.6 is 0 Å². The highest BCUT2D eigenvalue weighted by atomic mass is 16.5. The van der Waals surface area contributed by atoms with Gasteiger partial charge in [0.05, 0.1) is 7.11 Å². The molecule has 2 aliphatic heterocycles. The van der Waals surface area contributed by atoms with Gasteiger partial charge in [-0.15, -0.1) is 0 Å². The summed E-state index contributed by atoms with van der Waals surface area (Å²) in [4.78, 5) is 0. The van der Waals surface area contributed by atoms with E-state index in [1.54, 1.807) is 7.11 Å². The number of ether oxygens (including phenoxy) is 2. The molecule has 0 aliphatic carbocycles. The van der Waals surface area contributed by atoms with Gasteiger partial charge in [-0.3, -0.25) is 0 Å². The molecular weight excluding hydrogens is 262 g/mol. The molecule has 2 heterocycles. The second-order valence-electron chi connectivity index (χ2n) is 6.22. The number of methoxy groups -OCH3 is 1. The molecule has 1 unspecified atom stereocenters. The fourth-order valence-corrected chi connectivity index (χ4v) is 3.70. The number of benzene rings is 2. The molecule has 2 aliphatic rings. The summed E-state index contributed by atoms with van der Waals surface area (Å²) in [5, 5.41) is 6.04. The average molecular weight is 283 g/mol. The fraction of sp³-hybridized carbons (Fsp3) is 0.444. The van der Waals surface area contributed by atoms with Crippen LogP contribution in [0.5, 0.6) is 11.5 Å². The molecule has 0 radical (unpaired) electrons. The Morgan fingerprint density at radius 1 is 0.905 bits per heavy atom. The molecule has 21 heavy (non-hydrogen) atoms. The van der Waals surface area contributed by atoms with E-state index in [2.05, 4.69) is 35.6 Å². The third kappa shape index (κ3) is 2.58. The first-order valence-electron chi connectivity index (χ1n) is 7.81. The third-order valence-corrected chi connectivity index (χ3v) is 4.75. The van der Waals surface area contributed by atoms with Crippen LogP contribution < -0.4 is 14.8 Å². The van der Waals surface area contributed by atoms with Crippen molar-refractivity contribution in [2.75, 3.05) is 7.11 Å². The maximum absolute atomic E-state index is 6.23. The Morgan fingerprint density at radius 3 is 2.19 bits per heavy atom. The molecule has 2 aromatic carbocycles. The van der Waals surface area contributed by atoms with E-state index in [9.17, 15) is 0 Å². The highest BCUT2D eigenvalue weighted by molar-refractivity contribution is 5.85. The number of nitrogens with one attached hydrogen (secondary N) is 1. The summed E-state index contributed by atoms with van der Waals surface area (Å²) in [6.07, 6.45) is 5.25. The Bertz CT molecular complexity index is 643. The Morgan fingerprint density at radius 2 is 1.52 bits per heavy atom. The number of hydrogen-bond donors (Lipinski definition) is 1. The van der Waals surface area contributed by atoms with E-state index in [-0.39, 0.29) is 0 Å². The average Bonchev–Trinajstić information content (AvgIpc) is 2.85. The van der Waals surface area contributed by atoms with Gasteiger partial charge in [0.15, 0.2) is 0 Å². The molecule has 3 atom stereocenters. The first-order chi connectivity index (χ1) is 10.3. The number of rotatable bonds is 3. The first kappa shape index (κ1) is 13.0. The van der Waals surface area contributed by atoms with Crippen molar-refractivity contribution in [3.63, 3.8) is 0 Å². The molecule has 1 N–H and O–H groups in total. The zero-order valence-electron chi connectivity index (χ0n) is 12.3. The van der Waals surface area contributed by atoms with E-state index in [1.807, 2.05) is 6.07 Å². The van der Waals surface area contributed by atoms with Gasteiger partial charge in [0, 0.05) is 12.1 Å². The second kappa shape index (κ2) is 5.23. The SMILES string of the molecule is COc1ccc2cc(OC3C[C@H]4CC[C@@H](C3)N4)ccc2c1. The van der Waals surface area contributed by atoms with Crippen molar-refractivity contribution in [1.29, 1.82) is 0 Å². The molecule has 110 valence electrons. The monoisotopic (exact) mass is 283 g/mol. The molecule has 0 aromatic heterocycles. The van der Waals surface area contributed by atoms with Crippen LogP contribution in [0.25, 0.3) is 10.8 Å². The van der Waals surface area contributed by atoms with Crippen LogP contribution in [0.4, 0.5) is 0 Å². The number of fused-ring (bicyclic) bond motifs is 3. The van der Waals surface area contributed by atoms with Gasteiger partial charge in [-0.05, 0) is 60.7 Å². The van der Waals surface area contributed by atoms with Crippen molar-refractivity contribution in [2.24, 2.45) is 0 Å². The predicted octanol–water partition coefficient (Wildman–Crippen LogP) is 3.51. The van der Waals surface area contributed by atoms with Crippen molar-refractivity contribution < 1.29 is 9.47 Å². The maximum atomic E-state index is 6.23. The smallest absolute Gasteiger partial charge is 0.120 e. The zero-order valence-corrected chi connectivity index (χ0v) is 12.3. The highest BCUT2D eigenvalue weighted by Gasteiger charge is 2.34. The summed E-state index contributed by atoms with van der Waals surface area (Å²) in [7, 11) is 1.70. The van der Waals surface area contributed by atoms with Crippen LogP contribution in [0, 0.1) is 0 Å². The van der Waals surface area contributed by atoms with E-state index >= 15 is 0 Å². The van der Waals surface area contributed by atoms with Gasteiger partial charge >= 0.3 is 0 Å². The lowest BCUT2D eigenvalue weighted by Gasteiger charge is -2.29. The van der Waals surface area contributed by atoms with Gasteiger partial charge < -0.3 is 14.8 Å². The zero-order chi connectivity index (χ0) is 14.2. The van der Waals surface area contributed by atoms with E-state index in [0.29, 0.717) is 18.2 Å². The van der Waals surface area contributed by atoms with E-state index in [0.717, 1.165) is 24.3 Å². The van der Waals surface area contributed by atoms with E-state index < -0.39 is 0 Å². The maximum Gasteiger partial charge on any atom is 0.120 e. The predicted molar refractivity (Wildman–Crippen MR) is 84.1 cm³/mol. The van der Waals surface area contributed by atoms with Crippen LogP contribution in [0.3, 0.4) is 0 Å². The highest BCUT2D eigenvalue weighted by Crippen LogP contribution is 2.31. The molecule has 0 spiro atoms. The summed E-state index contributed by atoms with van der Waals surface area (Å²) < 4.78 is 11.5. The van der Waals surface area contributed by atoms with Crippen LogP contribution in [0.1, 0.15) is 25.7 Å². The van der Waals surface area contributed by atoms with Gasteiger partial charge in [-0.1, -0.05) is 12.1 Å². The molecule has 2 bridgehead atoms. The Hall–Kier alpha value is -1.74. The van der Waals surface area contributed by atoms with E-state index in [1.165, 1.54) is 23.6 Å². The molecule has 3 nitrogen and oxygen atoms in total. The topological polar surface area (TPSA) is 30.5 Å². The van der Waals surface area contributed by atoms with Crippen molar-refractivity contribution in [1.82, 2.24) is 5.32 Å². The minimum Gasteiger partial charge on any atom is -0.497 e. The van der Waals surface area contributed by atoms with Crippen molar-refractivity contribution in [3.05, 3.63) is 36.4 Å². The summed E-state index contributed by atoms with van der Waals surface area (Å²) in [5.41, 5.74) is 0. The summed E-state index contributed by atoms with van der Waals surface area (Å²) >= 11 is 0. The van der Waals surface area contributed by atoms with E-state index in [4.69, 9.17) is 9.47 Å². The molecule has 4 rings (SSSR count). The van der Waals surface area contributed by atoms with Crippen LogP contribution in [0.15, 0.2) is 36.4 Å². The van der Waals surface area contributed by atoms with Gasteiger partial charge in [0.25, 0.3) is 0 Å². The normalized spacial score (nSPS) is 27.8. The van der Waals surface area contributed by atoms with Gasteiger partial charge in [-0.2, -0.15) is 0 Å². The number of piperidine rings is 1. The third-order valence-electron chi connectivity index (χ3n) is 4.75. The largest absolute Gasteiger partial charge is 0.497 e. The molecule has 2 aromatic rings. The molecule has 2 saturated heterocycles. The first-order valence-corrected chi connectivity index (χ1v) is 7.81. The number of hydrogen-bond acceptors (Lipinski definition) is 3. The quantitative estimate of drug-likeness (QED) is 0.935. The van der Waals surface area contributed by atoms with Crippen LogP contribution in [-0.4, -0.2) is 25.3 Å². The van der Waals surface area contributed by atoms with Crippen molar-refractivity contribution in [3.8, 4) is 11.5 Å². The Kier molecular flexibility index (Phi) is 3.23. The summed E-state index contributed by atoms with van der Waals surface area (Å²) in [6, 6.07) is 13.8. The lowest BCUT2D eigenvalue weighted by atomic mass is 10.0. The molecule has 2 fully saturated rings. The lowest BCUT2D eigenvalue weighted by Crippen LogP contribution is -2.42. The summed E-state index contributed by atoms with van der Waals surface area (Å²) in [6.45, 7) is 0. The molecule has 0 saturated carbocycles.